The third kappa shape index (κ3) is 3.50. The van der Waals surface area contributed by atoms with Crippen molar-refractivity contribution in [3.05, 3.63) is 41.1 Å². The van der Waals surface area contributed by atoms with E-state index in [9.17, 15) is 9.59 Å². The average molecular weight is 380 g/mol. The summed E-state index contributed by atoms with van der Waals surface area (Å²) in [5, 5.41) is 0.937. The predicted octanol–water partition coefficient (Wildman–Crippen LogP) is 4.19. The summed E-state index contributed by atoms with van der Waals surface area (Å²) in [5.74, 6) is 0.101. The highest BCUT2D eigenvalue weighted by atomic mass is 16.5. The van der Waals surface area contributed by atoms with Gasteiger partial charge in [-0.1, -0.05) is 31.0 Å². The molecular formula is C23H28N2O3. The van der Waals surface area contributed by atoms with Crippen LogP contribution in [0, 0.1) is 19.8 Å². The lowest BCUT2D eigenvalue weighted by Gasteiger charge is -2.44. The fourth-order valence-corrected chi connectivity index (χ4v) is 5.05. The summed E-state index contributed by atoms with van der Waals surface area (Å²) in [6, 6.07) is 8.09. The average Bonchev–Trinajstić information content (AvgIpc) is 2.71. The highest BCUT2D eigenvalue weighted by molar-refractivity contribution is 5.99. The molecule has 2 aromatic rings. The maximum atomic E-state index is 12.8. The van der Waals surface area contributed by atoms with Crippen LogP contribution in [0.4, 0.5) is 0 Å². The standard InChI is InChI=1S/C23H28N2O3/c1-15-18-10-4-5-11-19(18)24-16(2)22(15)23(27)28-14-21(26)25-13-7-9-17-8-3-6-12-20(17)25/h4-5,10-11,17,20H,3,6-9,12-14H2,1-2H3/t17-,20-/m1/s1. The van der Waals surface area contributed by atoms with Crippen LogP contribution < -0.4 is 0 Å². The lowest BCUT2D eigenvalue weighted by molar-refractivity contribution is -0.140. The van der Waals surface area contributed by atoms with Crippen molar-refractivity contribution >= 4 is 22.8 Å². The smallest absolute Gasteiger partial charge is 0.340 e. The summed E-state index contributed by atoms with van der Waals surface area (Å²) in [6.07, 6.45) is 7.02. The highest BCUT2D eigenvalue weighted by Crippen LogP contribution is 2.35. The van der Waals surface area contributed by atoms with Gasteiger partial charge in [-0.3, -0.25) is 9.78 Å². The molecule has 2 atom stereocenters. The Kier molecular flexibility index (Phi) is 5.33. The largest absolute Gasteiger partial charge is 0.452 e. The molecule has 0 bridgehead atoms. The second-order valence-electron chi connectivity index (χ2n) is 8.13. The highest BCUT2D eigenvalue weighted by Gasteiger charge is 2.36. The summed E-state index contributed by atoms with van der Waals surface area (Å²) >= 11 is 0. The van der Waals surface area contributed by atoms with Crippen LogP contribution in [0.25, 0.3) is 10.9 Å². The van der Waals surface area contributed by atoms with Gasteiger partial charge in [0.15, 0.2) is 6.61 Å². The molecule has 2 aliphatic rings. The number of rotatable bonds is 3. The molecule has 5 heteroatoms. The molecule has 28 heavy (non-hydrogen) atoms. The number of para-hydroxylation sites is 1. The first-order valence-corrected chi connectivity index (χ1v) is 10.4. The Labute approximate surface area is 166 Å². The number of fused-ring (bicyclic) bond motifs is 2. The number of carbonyl (C=O) groups is 2. The van der Waals surface area contributed by atoms with Gasteiger partial charge in [0.05, 0.1) is 16.8 Å². The maximum Gasteiger partial charge on any atom is 0.340 e. The van der Waals surface area contributed by atoms with Gasteiger partial charge in [-0.25, -0.2) is 4.79 Å². The Morgan fingerprint density at radius 1 is 1.11 bits per heavy atom. The van der Waals surface area contributed by atoms with Crippen molar-refractivity contribution in [2.75, 3.05) is 13.2 Å². The zero-order valence-electron chi connectivity index (χ0n) is 16.7. The van der Waals surface area contributed by atoms with Crippen LogP contribution in [0.3, 0.4) is 0 Å². The molecule has 1 aromatic carbocycles. The monoisotopic (exact) mass is 380 g/mol. The maximum absolute atomic E-state index is 12.8. The molecule has 0 spiro atoms. The van der Waals surface area contributed by atoms with Crippen LogP contribution in [0.1, 0.15) is 60.1 Å². The summed E-state index contributed by atoms with van der Waals surface area (Å²) < 4.78 is 5.46. The van der Waals surface area contributed by atoms with E-state index < -0.39 is 5.97 Å². The number of aromatic nitrogens is 1. The van der Waals surface area contributed by atoms with E-state index in [2.05, 4.69) is 4.98 Å². The Morgan fingerprint density at radius 3 is 2.71 bits per heavy atom. The first-order valence-electron chi connectivity index (χ1n) is 10.4. The molecular weight excluding hydrogens is 352 g/mol. The molecule has 0 radical (unpaired) electrons. The molecule has 1 saturated heterocycles. The van der Waals surface area contributed by atoms with Gasteiger partial charge in [0.25, 0.3) is 5.91 Å². The molecule has 0 N–H and O–H groups in total. The van der Waals surface area contributed by atoms with Crippen molar-refractivity contribution in [1.29, 1.82) is 0 Å². The molecule has 5 nitrogen and oxygen atoms in total. The minimum atomic E-state index is -0.459. The molecule has 2 heterocycles. The number of likely N-dealkylation sites (tertiary alicyclic amines) is 1. The number of benzene rings is 1. The quantitative estimate of drug-likeness (QED) is 0.749. The number of aryl methyl sites for hydroxylation is 2. The van der Waals surface area contributed by atoms with Gasteiger partial charge < -0.3 is 9.64 Å². The Hall–Kier alpha value is -2.43. The number of esters is 1. The Morgan fingerprint density at radius 2 is 1.86 bits per heavy atom. The minimum Gasteiger partial charge on any atom is -0.452 e. The number of ether oxygens (including phenoxy) is 1. The minimum absolute atomic E-state index is 0.0611. The third-order valence-corrected chi connectivity index (χ3v) is 6.43. The van der Waals surface area contributed by atoms with Gasteiger partial charge >= 0.3 is 5.97 Å². The lowest BCUT2D eigenvalue weighted by atomic mass is 9.78. The number of amides is 1. The summed E-state index contributed by atoms with van der Waals surface area (Å²) in [7, 11) is 0. The number of nitrogens with zero attached hydrogens (tertiary/aromatic N) is 2. The van der Waals surface area contributed by atoms with Crippen LogP contribution in [0.2, 0.25) is 0 Å². The fourth-order valence-electron chi connectivity index (χ4n) is 5.05. The third-order valence-electron chi connectivity index (χ3n) is 6.43. The van der Waals surface area contributed by atoms with Gasteiger partial charge in [-0.05, 0) is 57.1 Å². The molecule has 4 rings (SSSR count). The zero-order chi connectivity index (χ0) is 19.7. The van der Waals surface area contributed by atoms with E-state index >= 15 is 0 Å². The van der Waals surface area contributed by atoms with Crippen molar-refractivity contribution < 1.29 is 14.3 Å². The van der Waals surface area contributed by atoms with Crippen molar-refractivity contribution in [1.82, 2.24) is 9.88 Å². The molecule has 1 saturated carbocycles. The fraction of sp³-hybridized carbons (Fsp3) is 0.522. The Bertz CT molecular complexity index is 906. The molecule has 0 unspecified atom stereocenters. The van der Waals surface area contributed by atoms with Crippen molar-refractivity contribution in [3.63, 3.8) is 0 Å². The van der Waals surface area contributed by atoms with Crippen molar-refractivity contribution in [3.8, 4) is 0 Å². The van der Waals surface area contributed by atoms with E-state index in [1.165, 1.54) is 25.7 Å². The summed E-state index contributed by atoms with van der Waals surface area (Å²) in [5.41, 5.74) is 2.83. The van der Waals surface area contributed by atoms with Gasteiger partial charge in [-0.15, -0.1) is 0 Å². The normalized spacial score (nSPS) is 22.0. The van der Waals surface area contributed by atoms with Crippen LogP contribution in [-0.2, 0) is 9.53 Å². The van der Waals surface area contributed by atoms with E-state index in [0.29, 0.717) is 23.2 Å². The number of hydrogen-bond acceptors (Lipinski definition) is 4. The lowest BCUT2D eigenvalue weighted by Crippen LogP contribution is -2.50. The first kappa shape index (κ1) is 18.9. The molecule has 1 aliphatic carbocycles. The summed E-state index contributed by atoms with van der Waals surface area (Å²) in [6.45, 7) is 4.32. The molecule has 1 aliphatic heterocycles. The summed E-state index contributed by atoms with van der Waals surface area (Å²) in [4.78, 5) is 32.1. The number of hydrogen-bond donors (Lipinski definition) is 0. The van der Waals surface area contributed by atoms with Crippen molar-refractivity contribution in [2.24, 2.45) is 5.92 Å². The van der Waals surface area contributed by atoms with Crippen LogP contribution in [-0.4, -0.2) is 41.0 Å². The van der Waals surface area contributed by atoms with E-state index in [1.807, 2.05) is 43.0 Å². The van der Waals surface area contributed by atoms with E-state index in [1.54, 1.807) is 0 Å². The second kappa shape index (κ2) is 7.90. The number of carbonyl (C=O) groups excluding carboxylic acids is 2. The Balaban J connectivity index is 1.47. The number of pyridine rings is 1. The molecule has 2 fully saturated rings. The molecule has 1 amide bonds. The van der Waals surface area contributed by atoms with Crippen molar-refractivity contribution in [2.45, 2.75) is 58.4 Å². The van der Waals surface area contributed by atoms with Crippen LogP contribution >= 0.6 is 0 Å². The first-order chi connectivity index (χ1) is 13.6. The van der Waals surface area contributed by atoms with Crippen LogP contribution in [0.5, 0.6) is 0 Å². The van der Waals surface area contributed by atoms with Gasteiger partial charge in [-0.2, -0.15) is 0 Å². The van der Waals surface area contributed by atoms with Crippen LogP contribution in [0.15, 0.2) is 24.3 Å². The van der Waals surface area contributed by atoms with Gasteiger partial charge in [0.1, 0.15) is 0 Å². The van der Waals surface area contributed by atoms with Gasteiger partial charge in [0.2, 0.25) is 0 Å². The predicted molar refractivity (Wildman–Crippen MR) is 108 cm³/mol. The topological polar surface area (TPSA) is 59.5 Å². The SMILES string of the molecule is Cc1nc2ccccc2c(C)c1C(=O)OCC(=O)N1CCC[C@H]2CCCC[C@H]21. The number of piperidine rings is 1. The van der Waals surface area contributed by atoms with Gasteiger partial charge in [0, 0.05) is 18.0 Å². The van der Waals surface area contributed by atoms with E-state index in [-0.39, 0.29) is 12.5 Å². The zero-order valence-corrected chi connectivity index (χ0v) is 16.7. The van der Waals surface area contributed by atoms with E-state index in [0.717, 1.165) is 35.9 Å². The second-order valence-corrected chi connectivity index (χ2v) is 8.13. The molecule has 1 aromatic heterocycles. The van der Waals surface area contributed by atoms with E-state index in [4.69, 9.17) is 4.74 Å². The molecule has 148 valence electrons.